The van der Waals surface area contributed by atoms with Crippen LogP contribution in [0, 0.1) is 0 Å². The van der Waals surface area contributed by atoms with Crippen LogP contribution in [0.5, 0.6) is 0 Å². The van der Waals surface area contributed by atoms with Crippen molar-refractivity contribution in [3.63, 3.8) is 0 Å². The summed E-state index contributed by atoms with van der Waals surface area (Å²) in [5, 5.41) is 8.92. The molecule has 28 heavy (non-hydrogen) atoms. The van der Waals surface area contributed by atoms with Gasteiger partial charge < -0.3 is 9.84 Å². The number of unbranched alkanes of at least 4 members (excludes halogenated alkanes) is 17. The minimum atomic E-state index is -1.11. The van der Waals surface area contributed by atoms with Gasteiger partial charge in [0.1, 0.15) is 6.10 Å². The maximum absolute atomic E-state index is 10.9. The van der Waals surface area contributed by atoms with E-state index >= 15 is 0 Å². The average Bonchev–Trinajstić information content (AvgIpc) is 2.67. The molecule has 0 saturated heterocycles. The highest BCUT2D eigenvalue weighted by Crippen LogP contribution is 2.17. The zero-order valence-electron chi connectivity index (χ0n) is 19.2. The van der Waals surface area contributed by atoms with E-state index in [0.29, 0.717) is 0 Å². The van der Waals surface area contributed by atoms with E-state index in [1.807, 2.05) is 0 Å². The summed E-state index contributed by atoms with van der Waals surface area (Å²) in [5.41, 5.74) is 0. The van der Waals surface area contributed by atoms with Crippen LogP contribution in [0.1, 0.15) is 149 Å². The molecule has 168 valence electrons. The fourth-order valence-corrected chi connectivity index (χ4v) is 3.95. The molecule has 1 N–H and O–H groups in total. The molecule has 0 fully saturated rings. The summed E-state index contributed by atoms with van der Waals surface area (Å²) in [5.74, 6) is 0. The van der Waals surface area contributed by atoms with Gasteiger partial charge in [-0.1, -0.05) is 123 Å². The van der Waals surface area contributed by atoms with Crippen LogP contribution in [0.3, 0.4) is 0 Å². The molecule has 0 spiro atoms. The van der Waals surface area contributed by atoms with Crippen molar-refractivity contribution >= 4 is 6.16 Å². The first-order valence-electron chi connectivity index (χ1n) is 12.6. The number of ether oxygens (including phenoxy) is 1. The number of rotatable bonds is 22. The third-order valence-corrected chi connectivity index (χ3v) is 5.78. The monoisotopic (exact) mass is 398 g/mol. The van der Waals surface area contributed by atoms with Gasteiger partial charge in [-0.05, 0) is 25.7 Å². The summed E-state index contributed by atoms with van der Waals surface area (Å²) in [7, 11) is 0. The molecule has 0 rings (SSSR count). The largest absolute Gasteiger partial charge is 0.506 e. The Bertz CT molecular complexity index is 317. The lowest BCUT2D eigenvalue weighted by molar-refractivity contribution is 0.0422. The standard InChI is InChI=1S/C25H50O3/c1-3-5-7-9-10-11-12-13-14-15-16-17-19-21-23-24(28-25(26)27)22-20-18-8-6-4-2/h24H,3-23H2,1-2H3,(H,26,27). The lowest BCUT2D eigenvalue weighted by Gasteiger charge is -2.15. The van der Waals surface area contributed by atoms with Gasteiger partial charge in [-0.25, -0.2) is 4.79 Å². The van der Waals surface area contributed by atoms with Gasteiger partial charge in [0, 0.05) is 0 Å². The second-order valence-corrected chi connectivity index (χ2v) is 8.59. The Kier molecular flexibility index (Phi) is 22.0. The molecule has 1 atom stereocenters. The predicted octanol–water partition coefficient (Wildman–Crippen LogP) is 9.28. The Morgan fingerprint density at radius 3 is 1.14 bits per heavy atom. The minimum absolute atomic E-state index is 0.0866. The number of hydrogen-bond donors (Lipinski definition) is 1. The number of hydrogen-bond acceptors (Lipinski definition) is 2. The molecule has 0 aromatic carbocycles. The fraction of sp³-hybridized carbons (Fsp3) is 0.960. The Hall–Kier alpha value is -0.730. The fourth-order valence-electron chi connectivity index (χ4n) is 3.95. The van der Waals surface area contributed by atoms with Gasteiger partial charge in [-0.2, -0.15) is 0 Å². The third kappa shape index (κ3) is 21.6. The summed E-state index contributed by atoms with van der Waals surface area (Å²) in [6, 6.07) is 0. The van der Waals surface area contributed by atoms with E-state index in [4.69, 9.17) is 9.84 Å². The van der Waals surface area contributed by atoms with Gasteiger partial charge in [-0.3, -0.25) is 0 Å². The number of carboxylic acid groups (broad SMARTS) is 1. The highest BCUT2D eigenvalue weighted by Gasteiger charge is 2.13. The Balaban J connectivity index is 3.45. The van der Waals surface area contributed by atoms with Crippen molar-refractivity contribution in [2.75, 3.05) is 0 Å². The molecule has 0 aliphatic heterocycles. The van der Waals surface area contributed by atoms with Gasteiger partial charge in [0.2, 0.25) is 0 Å². The zero-order valence-corrected chi connectivity index (χ0v) is 19.2. The van der Waals surface area contributed by atoms with E-state index in [9.17, 15) is 4.79 Å². The van der Waals surface area contributed by atoms with E-state index in [1.54, 1.807) is 0 Å². The summed E-state index contributed by atoms with van der Waals surface area (Å²) in [6.45, 7) is 4.49. The molecule has 0 aromatic rings. The van der Waals surface area contributed by atoms with Gasteiger partial charge >= 0.3 is 6.16 Å². The van der Waals surface area contributed by atoms with E-state index < -0.39 is 6.16 Å². The lowest BCUT2D eigenvalue weighted by Crippen LogP contribution is -2.16. The molecule has 0 amide bonds. The van der Waals surface area contributed by atoms with E-state index in [0.717, 1.165) is 25.7 Å². The van der Waals surface area contributed by atoms with Crippen LogP contribution < -0.4 is 0 Å². The van der Waals surface area contributed by atoms with Gasteiger partial charge in [0.15, 0.2) is 0 Å². The molecule has 0 aliphatic carbocycles. The first kappa shape index (κ1) is 27.3. The molecule has 0 bridgehead atoms. The van der Waals surface area contributed by atoms with E-state index in [1.165, 1.54) is 109 Å². The van der Waals surface area contributed by atoms with Gasteiger partial charge in [-0.15, -0.1) is 0 Å². The number of carbonyl (C=O) groups is 1. The third-order valence-electron chi connectivity index (χ3n) is 5.78. The summed E-state index contributed by atoms with van der Waals surface area (Å²) >= 11 is 0. The van der Waals surface area contributed by atoms with E-state index in [-0.39, 0.29) is 6.10 Å². The maximum Gasteiger partial charge on any atom is 0.506 e. The zero-order chi connectivity index (χ0) is 20.7. The summed E-state index contributed by atoms with van der Waals surface area (Å²) < 4.78 is 5.09. The summed E-state index contributed by atoms with van der Waals surface area (Å²) in [6.07, 6.45) is 25.6. The van der Waals surface area contributed by atoms with Crippen LogP contribution in [-0.2, 0) is 4.74 Å². The lowest BCUT2D eigenvalue weighted by atomic mass is 10.0. The Morgan fingerprint density at radius 1 is 0.571 bits per heavy atom. The topological polar surface area (TPSA) is 46.5 Å². The molecular formula is C25H50O3. The normalized spacial score (nSPS) is 12.2. The maximum atomic E-state index is 10.9. The second kappa shape index (κ2) is 22.6. The van der Waals surface area contributed by atoms with Gasteiger partial charge in [0.05, 0.1) is 0 Å². The van der Waals surface area contributed by atoms with Crippen molar-refractivity contribution in [1.82, 2.24) is 0 Å². The first-order valence-corrected chi connectivity index (χ1v) is 12.6. The SMILES string of the molecule is CCCCCCCCCCCCCCCCC(CCCCCCC)OC(=O)O. The molecule has 0 aliphatic rings. The van der Waals surface area contributed by atoms with Crippen LogP contribution in [0.25, 0.3) is 0 Å². The van der Waals surface area contributed by atoms with Crippen molar-refractivity contribution in [3.05, 3.63) is 0 Å². The molecule has 0 aromatic heterocycles. The van der Waals surface area contributed by atoms with Gasteiger partial charge in [0.25, 0.3) is 0 Å². The minimum Gasteiger partial charge on any atom is -0.450 e. The second-order valence-electron chi connectivity index (χ2n) is 8.59. The van der Waals surface area contributed by atoms with Crippen LogP contribution in [0.2, 0.25) is 0 Å². The Morgan fingerprint density at radius 2 is 0.857 bits per heavy atom. The van der Waals surface area contributed by atoms with Crippen LogP contribution >= 0.6 is 0 Å². The highest BCUT2D eigenvalue weighted by atomic mass is 16.7. The molecule has 3 heteroatoms. The van der Waals surface area contributed by atoms with Crippen molar-refractivity contribution in [1.29, 1.82) is 0 Å². The molecular weight excluding hydrogens is 348 g/mol. The van der Waals surface area contributed by atoms with Crippen LogP contribution in [0.4, 0.5) is 4.79 Å². The van der Waals surface area contributed by atoms with E-state index in [2.05, 4.69) is 13.8 Å². The van der Waals surface area contributed by atoms with Crippen LogP contribution in [0.15, 0.2) is 0 Å². The molecule has 1 unspecified atom stereocenters. The predicted molar refractivity (Wildman–Crippen MR) is 121 cm³/mol. The molecule has 3 nitrogen and oxygen atoms in total. The Labute approximate surface area is 176 Å². The van der Waals surface area contributed by atoms with Crippen molar-refractivity contribution < 1.29 is 14.6 Å². The first-order chi connectivity index (χ1) is 13.7. The quantitative estimate of drug-likeness (QED) is 0.146. The van der Waals surface area contributed by atoms with Crippen molar-refractivity contribution in [3.8, 4) is 0 Å². The molecule has 0 saturated carbocycles. The van der Waals surface area contributed by atoms with Crippen LogP contribution in [-0.4, -0.2) is 17.4 Å². The van der Waals surface area contributed by atoms with Crippen molar-refractivity contribution in [2.24, 2.45) is 0 Å². The average molecular weight is 399 g/mol. The highest BCUT2D eigenvalue weighted by molar-refractivity contribution is 5.57. The smallest absolute Gasteiger partial charge is 0.450 e. The molecule has 0 heterocycles. The summed E-state index contributed by atoms with van der Waals surface area (Å²) in [4.78, 5) is 10.9. The molecule has 0 radical (unpaired) electrons. The van der Waals surface area contributed by atoms with Crippen molar-refractivity contribution in [2.45, 2.75) is 155 Å².